The minimum absolute atomic E-state index is 1.16. The molecule has 0 amide bonds. The van der Waals surface area contributed by atoms with Crippen molar-refractivity contribution in [2.45, 2.75) is 0 Å². The molecule has 0 fully saturated rings. The van der Waals surface area contributed by atoms with Crippen LogP contribution >= 0.6 is 0 Å². The minimum Gasteiger partial charge on any atom is -0.309 e. The van der Waals surface area contributed by atoms with Gasteiger partial charge in [-0.15, -0.1) is 0 Å². The van der Waals surface area contributed by atoms with Gasteiger partial charge in [0, 0.05) is 32.3 Å². The molecule has 0 saturated heterocycles. The molecule has 0 N–H and O–H groups in total. The van der Waals surface area contributed by atoms with Crippen molar-refractivity contribution < 1.29 is 0 Å². The first-order valence-corrected chi connectivity index (χ1v) is 20.7. The molecule has 0 aliphatic heterocycles. The molecule has 280 valence electrons. The predicted molar refractivity (Wildman–Crippen MR) is 254 cm³/mol. The Labute approximate surface area is 348 Å². The Morgan fingerprint density at radius 2 is 0.433 bits per heavy atom. The summed E-state index contributed by atoms with van der Waals surface area (Å²) >= 11 is 0. The van der Waals surface area contributed by atoms with Crippen LogP contribution in [-0.4, -0.2) is 9.13 Å². The molecule has 0 aliphatic rings. The molecule has 60 heavy (non-hydrogen) atoms. The fourth-order valence-electron chi connectivity index (χ4n) is 9.46. The maximum atomic E-state index is 2.48. The van der Waals surface area contributed by atoms with Crippen molar-refractivity contribution in [3.05, 3.63) is 231 Å². The SMILES string of the molecule is c1ccc(-c2ccc3c(c2)c2cc(-c4ccccc4)ccc2n3-c2ccc(-n3c4ccc(-c5ccccc5)cc4c4cc(-c5ccccc5)ccc43)c3ccccc23)cc1. The Bertz CT molecular complexity index is 3130. The third-order valence-corrected chi connectivity index (χ3v) is 12.3. The summed E-state index contributed by atoms with van der Waals surface area (Å²) in [6, 6.07) is 84.2. The van der Waals surface area contributed by atoms with Crippen LogP contribution in [-0.2, 0) is 0 Å². The number of fused-ring (bicyclic) bond motifs is 7. The molecule has 2 nitrogen and oxygen atoms in total. The van der Waals surface area contributed by atoms with Crippen molar-refractivity contribution in [2.75, 3.05) is 0 Å². The smallest absolute Gasteiger partial charge is 0.0542 e. The first-order valence-electron chi connectivity index (χ1n) is 20.7. The quantitative estimate of drug-likeness (QED) is 0.160. The summed E-state index contributed by atoms with van der Waals surface area (Å²) in [5.41, 5.74) is 16.8. The topological polar surface area (TPSA) is 9.86 Å². The van der Waals surface area contributed by atoms with Crippen LogP contribution in [0.15, 0.2) is 231 Å². The zero-order chi connectivity index (χ0) is 39.6. The lowest BCUT2D eigenvalue weighted by Crippen LogP contribution is -2.00. The van der Waals surface area contributed by atoms with Gasteiger partial charge in [-0.05, 0) is 105 Å². The predicted octanol–water partition coefficient (Wildman–Crippen LogP) is 15.7. The van der Waals surface area contributed by atoms with Crippen LogP contribution in [0.25, 0.3) is 110 Å². The molecule has 12 aromatic rings. The number of nitrogens with zero attached hydrogens (tertiary/aromatic N) is 2. The van der Waals surface area contributed by atoms with Gasteiger partial charge >= 0.3 is 0 Å². The molecular formula is C58H38N2. The van der Waals surface area contributed by atoms with Crippen molar-refractivity contribution in [3.8, 4) is 55.9 Å². The van der Waals surface area contributed by atoms with E-state index in [1.54, 1.807) is 0 Å². The molecule has 0 bridgehead atoms. The maximum Gasteiger partial charge on any atom is 0.0542 e. The average molecular weight is 763 g/mol. The molecule has 0 atom stereocenters. The van der Waals surface area contributed by atoms with Crippen LogP contribution in [0.2, 0.25) is 0 Å². The van der Waals surface area contributed by atoms with E-state index < -0.39 is 0 Å². The van der Waals surface area contributed by atoms with E-state index in [2.05, 4.69) is 240 Å². The average Bonchev–Trinajstić information content (AvgIpc) is 3.83. The monoisotopic (exact) mass is 762 g/mol. The Balaban J connectivity index is 1.10. The minimum atomic E-state index is 1.16. The zero-order valence-electron chi connectivity index (χ0n) is 32.8. The second-order valence-corrected chi connectivity index (χ2v) is 15.7. The summed E-state index contributed by atoms with van der Waals surface area (Å²) in [6.07, 6.45) is 0. The normalized spacial score (nSPS) is 11.7. The van der Waals surface area contributed by atoms with Gasteiger partial charge in [0.2, 0.25) is 0 Å². The van der Waals surface area contributed by atoms with E-state index in [0.717, 1.165) is 11.4 Å². The van der Waals surface area contributed by atoms with Crippen LogP contribution < -0.4 is 0 Å². The van der Waals surface area contributed by atoms with Crippen molar-refractivity contribution in [1.82, 2.24) is 9.13 Å². The lowest BCUT2D eigenvalue weighted by atomic mass is 10.0. The summed E-state index contributed by atoms with van der Waals surface area (Å²) < 4.78 is 4.95. The molecule has 2 aromatic heterocycles. The maximum absolute atomic E-state index is 2.48. The molecule has 0 saturated carbocycles. The molecule has 0 unspecified atom stereocenters. The van der Waals surface area contributed by atoms with E-state index in [4.69, 9.17) is 0 Å². The van der Waals surface area contributed by atoms with Gasteiger partial charge in [0.1, 0.15) is 0 Å². The summed E-state index contributed by atoms with van der Waals surface area (Å²) in [5, 5.41) is 7.35. The molecular weight excluding hydrogens is 725 g/mol. The fourth-order valence-corrected chi connectivity index (χ4v) is 9.46. The lowest BCUT2D eigenvalue weighted by Gasteiger charge is -2.17. The summed E-state index contributed by atoms with van der Waals surface area (Å²) in [6.45, 7) is 0. The van der Waals surface area contributed by atoms with Gasteiger partial charge in [-0.25, -0.2) is 0 Å². The van der Waals surface area contributed by atoms with Gasteiger partial charge in [0.15, 0.2) is 0 Å². The zero-order valence-corrected chi connectivity index (χ0v) is 32.8. The molecule has 0 radical (unpaired) electrons. The number of benzene rings is 10. The van der Waals surface area contributed by atoms with Gasteiger partial charge in [0.25, 0.3) is 0 Å². The molecule has 2 heterocycles. The third kappa shape index (κ3) is 5.50. The van der Waals surface area contributed by atoms with Crippen LogP contribution in [0.5, 0.6) is 0 Å². The number of hydrogen-bond acceptors (Lipinski definition) is 0. The Hall–Kier alpha value is -7.94. The molecule has 0 spiro atoms. The van der Waals surface area contributed by atoms with Crippen LogP contribution in [0.4, 0.5) is 0 Å². The number of rotatable bonds is 6. The summed E-state index contributed by atoms with van der Waals surface area (Å²) in [5.74, 6) is 0. The Morgan fingerprint density at radius 1 is 0.183 bits per heavy atom. The van der Waals surface area contributed by atoms with Gasteiger partial charge in [0.05, 0.1) is 33.4 Å². The van der Waals surface area contributed by atoms with E-state index in [1.165, 1.54) is 98.9 Å². The van der Waals surface area contributed by atoms with Crippen molar-refractivity contribution in [1.29, 1.82) is 0 Å². The second-order valence-electron chi connectivity index (χ2n) is 15.7. The molecule has 2 heteroatoms. The van der Waals surface area contributed by atoms with E-state index in [1.807, 2.05) is 0 Å². The van der Waals surface area contributed by atoms with Gasteiger partial charge < -0.3 is 9.13 Å². The van der Waals surface area contributed by atoms with Gasteiger partial charge in [-0.1, -0.05) is 170 Å². The van der Waals surface area contributed by atoms with E-state index in [-0.39, 0.29) is 0 Å². The van der Waals surface area contributed by atoms with Crippen molar-refractivity contribution >= 4 is 54.4 Å². The highest BCUT2D eigenvalue weighted by Crippen LogP contribution is 2.42. The first kappa shape index (κ1) is 34.1. The Kier molecular flexibility index (Phi) is 7.89. The fraction of sp³-hybridized carbons (Fsp3) is 0. The number of aromatic nitrogens is 2. The third-order valence-electron chi connectivity index (χ3n) is 12.3. The molecule has 12 rings (SSSR count). The second kappa shape index (κ2) is 13.9. The lowest BCUT2D eigenvalue weighted by molar-refractivity contribution is 1.17. The standard InChI is InChI=1S/C58H38N2/c1-5-15-39(16-6-1)43-25-29-55-49(35-43)50-36-44(40-17-7-2-8-18-40)26-30-56(50)59(55)53-33-34-54(48-24-14-13-23-47(48)53)60-57-31-27-45(41-19-9-3-10-20-41)37-51(57)52-38-46(28-32-58(52)60)42-21-11-4-12-22-42/h1-38H. The van der Waals surface area contributed by atoms with Crippen molar-refractivity contribution in [2.24, 2.45) is 0 Å². The largest absolute Gasteiger partial charge is 0.309 e. The van der Waals surface area contributed by atoms with Gasteiger partial charge in [-0.2, -0.15) is 0 Å². The summed E-state index contributed by atoms with van der Waals surface area (Å²) in [4.78, 5) is 0. The highest BCUT2D eigenvalue weighted by molar-refractivity contribution is 6.15. The molecule has 10 aromatic carbocycles. The van der Waals surface area contributed by atoms with E-state index >= 15 is 0 Å². The summed E-state index contributed by atoms with van der Waals surface area (Å²) in [7, 11) is 0. The van der Waals surface area contributed by atoms with Crippen LogP contribution in [0.1, 0.15) is 0 Å². The van der Waals surface area contributed by atoms with Crippen LogP contribution in [0.3, 0.4) is 0 Å². The highest BCUT2D eigenvalue weighted by Gasteiger charge is 2.20. The first-order chi connectivity index (χ1) is 29.8. The highest BCUT2D eigenvalue weighted by atomic mass is 15.0. The van der Waals surface area contributed by atoms with E-state index in [0.29, 0.717) is 0 Å². The van der Waals surface area contributed by atoms with E-state index in [9.17, 15) is 0 Å². The van der Waals surface area contributed by atoms with Crippen LogP contribution in [0, 0.1) is 0 Å². The van der Waals surface area contributed by atoms with Crippen molar-refractivity contribution in [3.63, 3.8) is 0 Å². The molecule has 0 aliphatic carbocycles. The number of hydrogen-bond donors (Lipinski definition) is 0. The van der Waals surface area contributed by atoms with Gasteiger partial charge in [-0.3, -0.25) is 0 Å². The Morgan fingerprint density at radius 3 is 0.700 bits per heavy atom.